The lowest BCUT2D eigenvalue weighted by atomic mass is 9.77. The molecule has 1 aromatic carbocycles. The fourth-order valence-electron chi connectivity index (χ4n) is 3.89. The van der Waals surface area contributed by atoms with Gasteiger partial charge in [0.1, 0.15) is 5.69 Å². The number of hydrogen-bond donors (Lipinski definition) is 3. The van der Waals surface area contributed by atoms with E-state index in [-0.39, 0.29) is 17.3 Å². The fraction of sp³-hybridized carbons (Fsp3) is 0.500. The van der Waals surface area contributed by atoms with Crippen molar-refractivity contribution in [1.82, 2.24) is 15.2 Å². The topological polar surface area (TPSA) is 96.1 Å². The molecule has 2 heterocycles. The molecule has 3 N–H and O–H groups in total. The molecule has 0 aliphatic heterocycles. The summed E-state index contributed by atoms with van der Waals surface area (Å²) in [4.78, 5) is 4.76. The minimum Gasteiger partial charge on any atom is -0.402 e. The van der Waals surface area contributed by atoms with Crippen LogP contribution in [-0.4, -0.2) is 44.9 Å². The van der Waals surface area contributed by atoms with Crippen molar-refractivity contribution in [2.24, 2.45) is 0 Å². The van der Waals surface area contributed by atoms with Gasteiger partial charge in [0.05, 0.1) is 17.7 Å². The average Bonchev–Trinajstić information content (AvgIpc) is 3.11. The molecule has 0 atom stereocenters. The lowest BCUT2D eigenvalue weighted by Crippen LogP contribution is -2.48. The van der Waals surface area contributed by atoms with Gasteiger partial charge in [-0.1, -0.05) is 31.9 Å². The van der Waals surface area contributed by atoms with Crippen LogP contribution in [0.5, 0.6) is 0 Å². The van der Waals surface area contributed by atoms with Crippen molar-refractivity contribution in [2.75, 3.05) is 17.2 Å². The summed E-state index contributed by atoms with van der Waals surface area (Å²) in [6, 6.07) is 7.72. The number of benzene rings is 1. The van der Waals surface area contributed by atoms with Crippen molar-refractivity contribution in [3.8, 4) is 11.6 Å². The Hall–Kier alpha value is -2.81. The Bertz CT molecular complexity index is 1080. The van der Waals surface area contributed by atoms with E-state index in [1.165, 1.54) is 0 Å². The minimum atomic E-state index is -2.43. The monoisotopic (exact) mass is 431 g/mol. The van der Waals surface area contributed by atoms with Crippen LogP contribution in [0.3, 0.4) is 0 Å². The number of anilines is 2. The summed E-state index contributed by atoms with van der Waals surface area (Å²) in [5, 5.41) is 24.8. The number of fused-ring (bicyclic) bond motifs is 1. The Balaban J connectivity index is 1.63. The number of aromatic nitrogens is 3. The van der Waals surface area contributed by atoms with Crippen molar-refractivity contribution < 1.29 is 18.3 Å². The number of halogens is 2. The van der Waals surface area contributed by atoms with Crippen LogP contribution >= 0.6 is 0 Å². The predicted octanol–water partition coefficient (Wildman–Crippen LogP) is 4.58. The number of aliphatic hydroxyl groups is 1. The molecular weight excluding hydrogens is 404 g/mol. The minimum absolute atomic E-state index is 0.0968. The van der Waals surface area contributed by atoms with Crippen LogP contribution in [0.25, 0.3) is 22.5 Å². The zero-order valence-corrected chi connectivity index (χ0v) is 18.0. The van der Waals surface area contributed by atoms with E-state index in [4.69, 9.17) is 9.40 Å². The molecule has 0 radical (unpaired) electrons. The van der Waals surface area contributed by atoms with Crippen LogP contribution in [0.15, 0.2) is 28.7 Å². The predicted molar refractivity (Wildman–Crippen MR) is 115 cm³/mol. The van der Waals surface area contributed by atoms with Crippen LogP contribution in [0.4, 0.5) is 20.5 Å². The molecule has 9 heteroatoms. The molecule has 3 aromatic rings. The number of pyridine rings is 1. The quantitative estimate of drug-likeness (QED) is 0.525. The summed E-state index contributed by atoms with van der Waals surface area (Å²) in [6.45, 7) is 7.54. The highest BCUT2D eigenvalue weighted by Crippen LogP contribution is 2.35. The van der Waals surface area contributed by atoms with Gasteiger partial charge >= 0.3 is 6.01 Å². The summed E-state index contributed by atoms with van der Waals surface area (Å²) in [7, 11) is 0. The van der Waals surface area contributed by atoms with Crippen molar-refractivity contribution >= 4 is 22.6 Å². The summed E-state index contributed by atoms with van der Waals surface area (Å²) in [5.74, 6) is 0.287. The molecule has 0 bridgehead atoms. The standard InChI is InChI=1S/C22H27F2N5O2/c1-21(2,3)15-8-13(25-11-17(23)24)7-12-5-6-16(27-18(12)15)19-28-29-20(31-19)26-14-9-22(4,30)10-14/h5-8,14,17,25,30H,9-11H2,1-4H3,(H,26,29). The smallest absolute Gasteiger partial charge is 0.316 e. The van der Waals surface area contributed by atoms with Gasteiger partial charge in [0, 0.05) is 17.1 Å². The van der Waals surface area contributed by atoms with E-state index >= 15 is 0 Å². The van der Waals surface area contributed by atoms with Gasteiger partial charge in [0.15, 0.2) is 0 Å². The Morgan fingerprint density at radius 1 is 1.23 bits per heavy atom. The molecule has 1 aliphatic rings. The maximum atomic E-state index is 12.6. The molecule has 7 nitrogen and oxygen atoms in total. The molecule has 1 aliphatic carbocycles. The molecule has 31 heavy (non-hydrogen) atoms. The van der Waals surface area contributed by atoms with Gasteiger partial charge in [-0.15, -0.1) is 5.10 Å². The number of nitrogens with one attached hydrogen (secondary N) is 2. The van der Waals surface area contributed by atoms with Crippen LogP contribution in [0.1, 0.15) is 46.1 Å². The zero-order chi connectivity index (χ0) is 22.4. The van der Waals surface area contributed by atoms with Crippen molar-refractivity contribution in [2.45, 2.75) is 64.0 Å². The molecule has 4 rings (SSSR count). The third-order valence-corrected chi connectivity index (χ3v) is 5.40. The first-order valence-electron chi connectivity index (χ1n) is 10.3. The van der Waals surface area contributed by atoms with Gasteiger partial charge in [-0.3, -0.25) is 0 Å². The second-order valence-electron chi connectivity index (χ2n) is 9.47. The van der Waals surface area contributed by atoms with Crippen molar-refractivity contribution in [3.63, 3.8) is 0 Å². The van der Waals surface area contributed by atoms with Gasteiger partial charge < -0.3 is 20.2 Å². The normalized spacial score (nSPS) is 21.4. The summed E-state index contributed by atoms with van der Waals surface area (Å²) < 4.78 is 31.0. The molecule has 0 spiro atoms. The van der Waals surface area contributed by atoms with Crippen LogP contribution in [-0.2, 0) is 5.41 Å². The van der Waals surface area contributed by atoms with Crippen LogP contribution < -0.4 is 10.6 Å². The number of alkyl halides is 2. The molecular formula is C22H27F2N5O2. The highest BCUT2D eigenvalue weighted by Gasteiger charge is 2.39. The van der Waals surface area contributed by atoms with E-state index in [0.29, 0.717) is 30.2 Å². The van der Waals surface area contributed by atoms with Crippen LogP contribution in [0, 0.1) is 0 Å². The second kappa shape index (κ2) is 7.71. The molecule has 1 saturated carbocycles. The van der Waals surface area contributed by atoms with Crippen molar-refractivity contribution in [1.29, 1.82) is 0 Å². The first kappa shape index (κ1) is 21.4. The lowest BCUT2D eigenvalue weighted by molar-refractivity contribution is -0.0239. The number of nitrogens with zero attached hydrogens (tertiary/aromatic N) is 3. The highest BCUT2D eigenvalue weighted by atomic mass is 19.3. The summed E-state index contributed by atoms with van der Waals surface area (Å²) in [6.07, 6.45) is -1.19. The Morgan fingerprint density at radius 2 is 1.97 bits per heavy atom. The number of hydrogen-bond acceptors (Lipinski definition) is 7. The maximum absolute atomic E-state index is 12.6. The van der Waals surface area contributed by atoms with E-state index < -0.39 is 18.6 Å². The van der Waals surface area contributed by atoms with Crippen molar-refractivity contribution in [3.05, 3.63) is 29.8 Å². The van der Waals surface area contributed by atoms with Gasteiger partial charge in [-0.05, 0) is 48.9 Å². The average molecular weight is 431 g/mol. The molecule has 0 unspecified atom stereocenters. The Labute approximate surface area is 179 Å². The molecule has 0 amide bonds. The first-order valence-corrected chi connectivity index (χ1v) is 10.3. The summed E-state index contributed by atoms with van der Waals surface area (Å²) in [5.41, 5.74) is 1.95. The largest absolute Gasteiger partial charge is 0.402 e. The Kier molecular flexibility index (Phi) is 5.33. The third kappa shape index (κ3) is 4.76. The van der Waals surface area contributed by atoms with Gasteiger partial charge in [-0.2, -0.15) is 0 Å². The SMILES string of the molecule is CC1(O)CC(Nc2nnc(-c3ccc4cc(NCC(F)F)cc(C(C)(C)C)c4n3)o2)C1. The zero-order valence-electron chi connectivity index (χ0n) is 18.0. The third-order valence-electron chi connectivity index (χ3n) is 5.40. The van der Waals surface area contributed by atoms with E-state index in [0.717, 1.165) is 16.5 Å². The van der Waals surface area contributed by atoms with E-state index in [1.807, 2.05) is 18.2 Å². The van der Waals surface area contributed by atoms with E-state index in [1.54, 1.807) is 13.0 Å². The molecule has 0 saturated heterocycles. The lowest BCUT2D eigenvalue weighted by Gasteiger charge is -2.40. The van der Waals surface area contributed by atoms with Gasteiger partial charge in [0.25, 0.3) is 12.3 Å². The number of rotatable bonds is 6. The van der Waals surface area contributed by atoms with Gasteiger partial charge in [-0.25, -0.2) is 13.8 Å². The highest BCUT2D eigenvalue weighted by molar-refractivity contribution is 5.88. The van der Waals surface area contributed by atoms with Gasteiger partial charge in [0.2, 0.25) is 0 Å². The Morgan fingerprint density at radius 3 is 2.61 bits per heavy atom. The maximum Gasteiger partial charge on any atom is 0.316 e. The van der Waals surface area contributed by atoms with Crippen LogP contribution in [0.2, 0.25) is 0 Å². The fourth-order valence-corrected chi connectivity index (χ4v) is 3.89. The van der Waals surface area contributed by atoms with E-state index in [9.17, 15) is 13.9 Å². The molecule has 166 valence electrons. The first-order chi connectivity index (χ1) is 14.5. The molecule has 1 fully saturated rings. The summed E-state index contributed by atoms with van der Waals surface area (Å²) >= 11 is 0. The second-order valence-corrected chi connectivity index (χ2v) is 9.47. The molecule has 2 aromatic heterocycles. The van der Waals surface area contributed by atoms with E-state index in [2.05, 4.69) is 41.6 Å².